The van der Waals surface area contributed by atoms with Gasteiger partial charge in [0, 0.05) is 23.2 Å². The van der Waals surface area contributed by atoms with Gasteiger partial charge in [0.05, 0.1) is 42.9 Å². The lowest BCUT2D eigenvalue weighted by Crippen LogP contribution is -2.58. The first-order valence-electron chi connectivity index (χ1n) is 19.2. The van der Waals surface area contributed by atoms with Crippen LogP contribution in [0.2, 0.25) is 5.02 Å². The normalized spacial score (nSPS) is 19.4. The Labute approximate surface area is 347 Å². The second kappa shape index (κ2) is 19.8. The number of thiophene rings is 1. The Hall–Kier alpha value is -4.48. The van der Waals surface area contributed by atoms with Crippen molar-refractivity contribution in [3.63, 3.8) is 0 Å². The summed E-state index contributed by atoms with van der Waals surface area (Å²) in [6.07, 6.45) is -0.117. The number of hydrogen-bond acceptors (Lipinski definition) is 8. The number of nitrogens with zero attached hydrogens (tertiary/aromatic N) is 1. The summed E-state index contributed by atoms with van der Waals surface area (Å²) in [6.45, 7) is 1.83. The van der Waals surface area contributed by atoms with Crippen molar-refractivity contribution in [1.82, 2.24) is 4.98 Å². The largest absolute Gasteiger partial charge is 0.374 e. The summed E-state index contributed by atoms with van der Waals surface area (Å²) in [7, 11) is 0. The van der Waals surface area contributed by atoms with Crippen LogP contribution in [0.4, 0.5) is 0 Å². The standard InChI is InChI=1S/C48H44ClNO5S2/c49-41-22-21-38(25-40(41)26-44-50-27-43(57-44)39-23-24-56-33-39)45-47(53-30-36-17-9-3-10-18-36)48(54-31-37-19-11-4-12-20-37)46(52-29-35-15-7-2-8-16-35)42(55-45)32-51-28-34-13-5-1-6-14-34/h1-25,27,33,42,45-48H,26,28-32H2. The molecule has 1 aliphatic heterocycles. The van der Waals surface area contributed by atoms with Gasteiger partial charge >= 0.3 is 0 Å². The topological polar surface area (TPSA) is 59.0 Å². The zero-order valence-corrected chi connectivity index (χ0v) is 33.8. The van der Waals surface area contributed by atoms with Crippen molar-refractivity contribution < 1.29 is 23.7 Å². The Morgan fingerprint density at radius 3 is 1.75 bits per heavy atom. The molecule has 0 N–H and O–H groups in total. The molecule has 290 valence electrons. The van der Waals surface area contributed by atoms with E-state index in [0.717, 1.165) is 43.3 Å². The third-order valence-electron chi connectivity index (χ3n) is 9.98. The van der Waals surface area contributed by atoms with Crippen LogP contribution in [0, 0.1) is 0 Å². The van der Waals surface area contributed by atoms with Gasteiger partial charge < -0.3 is 23.7 Å². The maximum Gasteiger partial charge on any atom is 0.117 e. The van der Waals surface area contributed by atoms with Gasteiger partial charge in [0.1, 0.15) is 30.5 Å². The summed E-state index contributed by atoms with van der Waals surface area (Å²) in [5, 5.41) is 5.90. The molecule has 3 heterocycles. The fraction of sp³-hybridized carbons (Fsp3) is 0.229. The molecule has 1 fully saturated rings. The Balaban J connectivity index is 1.15. The minimum Gasteiger partial charge on any atom is -0.374 e. The van der Waals surface area contributed by atoms with E-state index in [0.29, 0.717) is 37.9 Å². The SMILES string of the molecule is Clc1ccc(C2OC(COCc3ccccc3)C(OCc3ccccc3)C(OCc3ccccc3)C2OCc2ccccc2)cc1Cc1ncc(-c2ccsc2)s1. The summed E-state index contributed by atoms with van der Waals surface area (Å²) in [6, 6.07) is 49.0. The number of ether oxygens (including phenoxy) is 5. The molecular formula is C48H44ClNO5S2. The fourth-order valence-corrected chi connectivity index (χ4v) is 8.91. The number of hydrogen-bond donors (Lipinski definition) is 0. The van der Waals surface area contributed by atoms with E-state index in [1.54, 1.807) is 22.7 Å². The number of aromatic nitrogens is 1. The summed E-state index contributed by atoms with van der Waals surface area (Å²) in [5.74, 6) is 0. The average molecular weight is 814 g/mol. The average Bonchev–Trinajstić information content (AvgIpc) is 3.97. The molecule has 5 aromatic carbocycles. The predicted molar refractivity (Wildman–Crippen MR) is 228 cm³/mol. The highest BCUT2D eigenvalue weighted by molar-refractivity contribution is 7.15. The Morgan fingerprint density at radius 1 is 0.614 bits per heavy atom. The van der Waals surface area contributed by atoms with Crippen molar-refractivity contribution in [3.8, 4) is 10.4 Å². The molecule has 7 aromatic rings. The van der Waals surface area contributed by atoms with Crippen LogP contribution in [-0.2, 0) is 56.5 Å². The van der Waals surface area contributed by atoms with Gasteiger partial charge in [-0.05, 0) is 56.3 Å². The first kappa shape index (κ1) is 39.4. The highest BCUT2D eigenvalue weighted by Crippen LogP contribution is 2.40. The molecule has 5 atom stereocenters. The minimum absolute atomic E-state index is 0.284. The van der Waals surface area contributed by atoms with Crippen molar-refractivity contribution in [3.05, 3.63) is 206 Å². The first-order chi connectivity index (χ1) is 28.2. The van der Waals surface area contributed by atoms with Crippen LogP contribution in [0.25, 0.3) is 10.4 Å². The van der Waals surface area contributed by atoms with E-state index < -0.39 is 30.5 Å². The van der Waals surface area contributed by atoms with Crippen molar-refractivity contribution in [2.75, 3.05) is 6.61 Å². The molecule has 1 saturated heterocycles. The smallest absolute Gasteiger partial charge is 0.117 e. The van der Waals surface area contributed by atoms with E-state index in [-0.39, 0.29) is 6.61 Å². The molecule has 5 unspecified atom stereocenters. The van der Waals surface area contributed by atoms with Gasteiger partial charge in [-0.15, -0.1) is 11.3 Å². The summed E-state index contributed by atoms with van der Waals surface area (Å²) in [5.41, 5.74) is 7.33. The van der Waals surface area contributed by atoms with Crippen LogP contribution >= 0.6 is 34.3 Å². The third kappa shape index (κ3) is 10.5. The number of rotatable bonds is 17. The lowest BCUT2D eigenvalue weighted by atomic mass is 9.89. The maximum absolute atomic E-state index is 7.18. The molecular weight excluding hydrogens is 770 g/mol. The number of thiazole rings is 1. The highest BCUT2D eigenvalue weighted by Gasteiger charge is 2.49. The van der Waals surface area contributed by atoms with Crippen LogP contribution in [0.15, 0.2) is 163 Å². The monoisotopic (exact) mass is 813 g/mol. The van der Waals surface area contributed by atoms with Crippen LogP contribution in [0.1, 0.15) is 44.5 Å². The van der Waals surface area contributed by atoms with Crippen LogP contribution < -0.4 is 0 Å². The molecule has 0 spiro atoms. The first-order valence-corrected chi connectivity index (χ1v) is 21.3. The Morgan fingerprint density at radius 2 is 1.18 bits per heavy atom. The van der Waals surface area contributed by atoms with Crippen molar-refractivity contribution in [1.29, 1.82) is 0 Å². The summed E-state index contributed by atoms with van der Waals surface area (Å²) < 4.78 is 34.4. The molecule has 8 rings (SSSR count). The number of benzene rings is 5. The number of halogens is 1. The molecule has 9 heteroatoms. The van der Waals surface area contributed by atoms with E-state index in [4.69, 9.17) is 40.3 Å². The lowest BCUT2D eigenvalue weighted by molar-refractivity contribution is -0.275. The van der Waals surface area contributed by atoms with E-state index in [1.807, 2.05) is 91.1 Å². The van der Waals surface area contributed by atoms with Crippen LogP contribution in [0.3, 0.4) is 0 Å². The van der Waals surface area contributed by atoms with Gasteiger partial charge in [-0.2, -0.15) is 11.3 Å². The van der Waals surface area contributed by atoms with Gasteiger partial charge in [-0.1, -0.05) is 145 Å². The van der Waals surface area contributed by atoms with E-state index in [2.05, 4.69) is 71.4 Å². The predicted octanol–water partition coefficient (Wildman–Crippen LogP) is 11.5. The third-order valence-corrected chi connectivity index (χ3v) is 12.1. The zero-order chi connectivity index (χ0) is 38.7. The molecule has 57 heavy (non-hydrogen) atoms. The second-order valence-corrected chi connectivity index (χ2v) is 16.3. The van der Waals surface area contributed by atoms with Gasteiger partial charge in [0.15, 0.2) is 0 Å². The van der Waals surface area contributed by atoms with Gasteiger partial charge in [0.2, 0.25) is 0 Å². The van der Waals surface area contributed by atoms with E-state index in [1.165, 1.54) is 5.56 Å². The second-order valence-electron chi connectivity index (χ2n) is 14.0. The zero-order valence-electron chi connectivity index (χ0n) is 31.4. The Kier molecular flexibility index (Phi) is 13.7. The van der Waals surface area contributed by atoms with Gasteiger partial charge in [0.25, 0.3) is 0 Å². The van der Waals surface area contributed by atoms with E-state index in [9.17, 15) is 0 Å². The molecule has 6 nitrogen and oxygen atoms in total. The van der Waals surface area contributed by atoms with Crippen molar-refractivity contribution in [2.45, 2.75) is 63.4 Å². The van der Waals surface area contributed by atoms with Crippen molar-refractivity contribution in [2.24, 2.45) is 0 Å². The fourth-order valence-electron chi connectivity index (χ4n) is 7.06. The van der Waals surface area contributed by atoms with Gasteiger partial charge in [-0.25, -0.2) is 4.98 Å². The maximum atomic E-state index is 7.18. The molecule has 0 bridgehead atoms. The van der Waals surface area contributed by atoms with E-state index >= 15 is 0 Å². The van der Waals surface area contributed by atoms with Crippen LogP contribution in [0.5, 0.6) is 0 Å². The van der Waals surface area contributed by atoms with Gasteiger partial charge in [-0.3, -0.25) is 0 Å². The molecule has 2 aromatic heterocycles. The molecule has 0 radical (unpaired) electrons. The quantitative estimate of drug-likeness (QED) is 0.0913. The lowest BCUT2D eigenvalue weighted by Gasteiger charge is -2.46. The van der Waals surface area contributed by atoms with Crippen molar-refractivity contribution >= 4 is 34.3 Å². The summed E-state index contributed by atoms with van der Waals surface area (Å²) in [4.78, 5) is 5.92. The molecule has 0 saturated carbocycles. The minimum atomic E-state index is -0.556. The highest BCUT2D eigenvalue weighted by atomic mass is 35.5. The van der Waals surface area contributed by atoms with Crippen LogP contribution in [-0.4, -0.2) is 36.0 Å². The molecule has 1 aliphatic rings. The molecule has 0 amide bonds. The molecule has 0 aliphatic carbocycles. The Bertz CT molecular complexity index is 2240. The summed E-state index contributed by atoms with van der Waals surface area (Å²) >= 11 is 10.3.